The van der Waals surface area contributed by atoms with Crippen molar-refractivity contribution in [1.82, 2.24) is 20.1 Å². The van der Waals surface area contributed by atoms with Crippen molar-refractivity contribution < 1.29 is 9.90 Å². The topological polar surface area (TPSA) is 80.0 Å². The maximum absolute atomic E-state index is 13.1. The Bertz CT molecular complexity index is 1200. The zero-order chi connectivity index (χ0) is 22.6. The van der Waals surface area contributed by atoms with Crippen LogP contribution in [-0.2, 0) is 24.2 Å². The van der Waals surface area contributed by atoms with Crippen LogP contribution in [0.1, 0.15) is 59.5 Å². The Hall–Kier alpha value is -2.06. The Balaban J connectivity index is 1.58. The minimum absolute atomic E-state index is 0.0108. The molecule has 1 aliphatic carbocycles. The number of halogens is 1. The van der Waals surface area contributed by atoms with Crippen LogP contribution in [-0.4, -0.2) is 32.3 Å². The summed E-state index contributed by atoms with van der Waals surface area (Å²) in [6.07, 6.45) is 1.87. The van der Waals surface area contributed by atoms with Gasteiger partial charge in [0.25, 0.3) is 0 Å². The zero-order valence-electron chi connectivity index (χ0n) is 18.5. The molecule has 0 saturated carbocycles. The molecule has 0 bridgehead atoms. The fraction of sp³-hybridized carbons (Fsp3) is 0.458. The highest BCUT2D eigenvalue weighted by Crippen LogP contribution is 2.47. The molecule has 3 aromatic rings. The maximum Gasteiger partial charge on any atom is 0.152 e. The lowest BCUT2D eigenvalue weighted by molar-refractivity contribution is -0.125. The van der Waals surface area contributed by atoms with Gasteiger partial charge in [-0.25, -0.2) is 0 Å². The molecule has 1 aliphatic heterocycles. The number of hydrogen-bond acceptors (Lipinski definition) is 6. The first-order valence-electron chi connectivity index (χ1n) is 11.0. The minimum atomic E-state index is -0.389. The quantitative estimate of drug-likeness (QED) is 0.584. The zero-order valence-corrected chi connectivity index (χ0v) is 20.1. The Morgan fingerprint density at radius 3 is 2.84 bits per heavy atom. The molecule has 1 unspecified atom stereocenters. The molecule has 6 nitrogen and oxygen atoms in total. The van der Waals surface area contributed by atoms with Crippen LogP contribution in [0.15, 0.2) is 24.3 Å². The molecule has 8 heteroatoms. The highest BCUT2D eigenvalue weighted by Gasteiger charge is 2.39. The molecule has 0 fully saturated rings. The molecule has 1 aromatic carbocycles. The molecular formula is C24H27ClN4O2S. The number of carbonyl (C=O) groups excluding carboxylic acids is 1. The number of carbonyl (C=O) groups is 1. The van der Waals surface area contributed by atoms with E-state index in [2.05, 4.69) is 26.1 Å². The fourth-order valence-corrected chi connectivity index (χ4v) is 6.62. The van der Waals surface area contributed by atoms with E-state index in [9.17, 15) is 9.90 Å². The number of fused-ring (bicyclic) bond motifs is 5. The van der Waals surface area contributed by atoms with Gasteiger partial charge in [-0.1, -0.05) is 43.6 Å². The lowest BCUT2D eigenvalue weighted by atomic mass is 9.83. The number of aliphatic hydroxyl groups excluding tert-OH is 1. The van der Waals surface area contributed by atoms with E-state index < -0.39 is 0 Å². The van der Waals surface area contributed by atoms with Crippen molar-refractivity contribution in [3.63, 3.8) is 0 Å². The SMILES string of the molecule is Cc1nnc2n1-c1sc3c(c1C(c1ccccc1Cl)NC2)C[C@H](C(=O)CC(C)(C)CO)C3. The number of hydrogen-bond donors (Lipinski definition) is 2. The Morgan fingerprint density at radius 1 is 1.31 bits per heavy atom. The normalized spacial score (nSPS) is 19.9. The molecule has 2 atom stereocenters. The van der Waals surface area contributed by atoms with Gasteiger partial charge in [0.15, 0.2) is 5.82 Å². The Labute approximate surface area is 196 Å². The smallest absolute Gasteiger partial charge is 0.152 e. The number of nitrogens with one attached hydrogen (secondary N) is 1. The lowest BCUT2D eigenvalue weighted by Gasteiger charge is -2.23. The molecule has 2 aromatic heterocycles. The summed E-state index contributed by atoms with van der Waals surface area (Å²) in [6, 6.07) is 7.86. The molecule has 0 amide bonds. The number of benzene rings is 1. The molecule has 3 heterocycles. The third-order valence-electron chi connectivity index (χ3n) is 6.59. The van der Waals surface area contributed by atoms with Crippen molar-refractivity contribution >= 4 is 28.7 Å². The van der Waals surface area contributed by atoms with Gasteiger partial charge in [-0.05, 0) is 42.4 Å². The van der Waals surface area contributed by atoms with E-state index in [0.717, 1.165) is 40.1 Å². The number of thiophene rings is 1. The van der Waals surface area contributed by atoms with E-state index >= 15 is 0 Å². The molecule has 168 valence electrons. The Kier molecular flexibility index (Phi) is 5.48. The van der Waals surface area contributed by atoms with Crippen molar-refractivity contribution in [3.05, 3.63) is 62.5 Å². The first-order chi connectivity index (χ1) is 15.3. The number of nitrogens with zero attached hydrogens (tertiary/aromatic N) is 3. The van der Waals surface area contributed by atoms with Gasteiger partial charge in [0.05, 0.1) is 12.6 Å². The van der Waals surface area contributed by atoms with Crippen LogP contribution in [0.2, 0.25) is 5.02 Å². The maximum atomic E-state index is 13.1. The van der Waals surface area contributed by atoms with Gasteiger partial charge in [-0.15, -0.1) is 21.5 Å². The van der Waals surface area contributed by atoms with Crippen molar-refractivity contribution in [2.75, 3.05) is 6.61 Å². The van der Waals surface area contributed by atoms with Gasteiger partial charge in [0.1, 0.15) is 16.6 Å². The van der Waals surface area contributed by atoms with E-state index in [4.69, 9.17) is 11.6 Å². The van der Waals surface area contributed by atoms with Crippen LogP contribution in [0.4, 0.5) is 0 Å². The van der Waals surface area contributed by atoms with Crippen LogP contribution >= 0.6 is 22.9 Å². The Morgan fingerprint density at radius 2 is 2.09 bits per heavy atom. The standard InChI is InChI=1S/C24H27ClN4O2S/c1-13-27-28-20-11-26-22(15-6-4-5-7-17(15)25)21-16-8-14(18(31)10-24(2,3)12-30)9-19(16)32-23(21)29(13)20/h4-7,14,22,26,30H,8-12H2,1-3H3/t14-,22?/m0/s1. The van der Waals surface area contributed by atoms with Gasteiger partial charge >= 0.3 is 0 Å². The number of aliphatic hydroxyl groups is 1. The largest absolute Gasteiger partial charge is 0.396 e. The average Bonchev–Trinajstić information content (AvgIpc) is 3.39. The first-order valence-corrected chi connectivity index (χ1v) is 12.2. The molecule has 5 rings (SSSR count). The molecule has 0 radical (unpaired) electrons. The van der Waals surface area contributed by atoms with E-state index in [1.807, 2.05) is 39.0 Å². The van der Waals surface area contributed by atoms with Crippen LogP contribution in [0.3, 0.4) is 0 Å². The van der Waals surface area contributed by atoms with Crippen LogP contribution < -0.4 is 5.32 Å². The predicted octanol–water partition coefficient (Wildman–Crippen LogP) is 4.18. The fourth-order valence-electron chi connectivity index (χ4n) is 4.86. The van der Waals surface area contributed by atoms with Crippen molar-refractivity contribution in [2.45, 2.75) is 52.6 Å². The van der Waals surface area contributed by atoms with Gasteiger partial charge < -0.3 is 5.11 Å². The predicted molar refractivity (Wildman–Crippen MR) is 125 cm³/mol. The molecule has 0 saturated heterocycles. The van der Waals surface area contributed by atoms with Gasteiger partial charge in [-0.3, -0.25) is 14.7 Å². The van der Waals surface area contributed by atoms with Gasteiger partial charge in [0, 0.05) is 34.4 Å². The lowest BCUT2D eigenvalue weighted by Crippen LogP contribution is -2.26. The minimum Gasteiger partial charge on any atom is -0.396 e. The number of aryl methyl sites for hydroxylation is 1. The van der Waals surface area contributed by atoms with Crippen molar-refractivity contribution in [2.24, 2.45) is 11.3 Å². The van der Waals surface area contributed by atoms with E-state index in [-0.39, 0.29) is 29.8 Å². The van der Waals surface area contributed by atoms with Crippen molar-refractivity contribution in [3.8, 4) is 5.00 Å². The van der Waals surface area contributed by atoms with Gasteiger partial charge in [-0.2, -0.15) is 0 Å². The van der Waals surface area contributed by atoms with Crippen LogP contribution in [0, 0.1) is 18.3 Å². The van der Waals surface area contributed by atoms with E-state index in [1.54, 1.807) is 11.3 Å². The average molecular weight is 471 g/mol. The summed E-state index contributed by atoms with van der Waals surface area (Å²) in [6.45, 7) is 6.45. The third kappa shape index (κ3) is 3.61. The molecular weight excluding hydrogens is 444 g/mol. The summed E-state index contributed by atoms with van der Waals surface area (Å²) < 4.78 is 2.15. The highest BCUT2D eigenvalue weighted by atomic mass is 35.5. The summed E-state index contributed by atoms with van der Waals surface area (Å²) in [5.74, 6) is 1.94. The van der Waals surface area contributed by atoms with Crippen molar-refractivity contribution in [1.29, 1.82) is 0 Å². The highest BCUT2D eigenvalue weighted by molar-refractivity contribution is 7.15. The molecule has 2 aliphatic rings. The van der Waals surface area contributed by atoms with E-state index in [1.165, 1.54) is 16.0 Å². The second kappa shape index (κ2) is 8.06. The third-order valence-corrected chi connectivity index (χ3v) is 8.19. The second-order valence-electron chi connectivity index (χ2n) is 9.63. The number of aromatic nitrogens is 3. The summed E-state index contributed by atoms with van der Waals surface area (Å²) >= 11 is 8.38. The number of Topliss-reactive ketones (excluding diaryl/α,β-unsaturated/α-hetero) is 1. The molecule has 0 spiro atoms. The number of ketones is 1. The monoisotopic (exact) mass is 470 g/mol. The summed E-state index contributed by atoms with van der Waals surface area (Å²) in [5.41, 5.74) is 3.09. The van der Waals surface area contributed by atoms with Gasteiger partial charge in [0.2, 0.25) is 0 Å². The molecule has 32 heavy (non-hydrogen) atoms. The molecule has 2 N–H and O–H groups in total. The summed E-state index contributed by atoms with van der Waals surface area (Å²) in [4.78, 5) is 14.3. The summed E-state index contributed by atoms with van der Waals surface area (Å²) in [5, 5.41) is 23.8. The van der Waals surface area contributed by atoms with Crippen LogP contribution in [0.25, 0.3) is 5.00 Å². The summed E-state index contributed by atoms with van der Waals surface area (Å²) in [7, 11) is 0. The number of rotatable bonds is 5. The first kappa shape index (κ1) is 21.8. The van der Waals surface area contributed by atoms with E-state index in [0.29, 0.717) is 13.0 Å². The van der Waals surface area contributed by atoms with Crippen LogP contribution in [0.5, 0.6) is 0 Å². The second-order valence-corrected chi connectivity index (χ2v) is 11.1.